The maximum absolute atomic E-state index is 6.29. The van der Waals surface area contributed by atoms with E-state index in [1.165, 1.54) is 63.0 Å². The van der Waals surface area contributed by atoms with Crippen LogP contribution in [-0.4, -0.2) is 60.3 Å². The molecule has 3 heterocycles. The molecule has 0 aromatic carbocycles. The Balaban J connectivity index is 1.68. The van der Waals surface area contributed by atoms with Crippen LogP contribution in [-0.2, 0) is 4.74 Å². The average Bonchev–Trinajstić information content (AvgIpc) is 2.55. The highest BCUT2D eigenvalue weighted by Crippen LogP contribution is 2.40. The fraction of sp³-hybridized carbons (Fsp3) is 1.00. The topological polar surface area (TPSA) is 24.5 Å². The lowest BCUT2D eigenvalue weighted by atomic mass is 9.83. The Kier molecular flexibility index (Phi) is 5.52. The van der Waals surface area contributed by atoms with Crippen LogP contribution >= 0.6 is 11.8 Å². The Morgan fingerprint density at radius 2 is 2.05 bits per heavy atom. The molecule has 3 unspecified atom stereocenters. The fourth-order valence-corrected chi connectivity index (χ4v) is 5.78. The van der Waals surface area contributed by atoms with Crippen LogP contribution in [0.1, 0.15) is 51.9 Å². The summed E-state index contributed by atoms with van der Waals surface area (Å²) in [5, 5.41) is 3.50. The van der Waals surface area contributed by atoms with Crippen LogP contribution in [0.2, 0.25) is 0 Å². The van der Waals surface area contributed by atoms with Crippen molar-refractivity contribution < 1.29 is 4.74 Å². The van der Waals surface area contributed by atoms with Gasteiger partial charge in [-0.25, -0.2) is 0 Å². The summed E-state index contributed by atoms with van der Waals surface area (Å²) in [5.74, 6) is 2.59. The summed E-state index contributed by atoms with van der Waals surface area (Å²) in [6, 6.07) is 2.08. The van der Waals surface area contributed by atoms with Gasteiger partial charge in [0, 0.05) is 24.7 Å². The Hall–Kier alpha value is 0.230. The van der Waals surface area contributed by atoms with Crippen molar-refractivity contribution >= 4 is 11.8 Å². The zero-order valence-corrected chi connectivity index (χ0v) is 14.6. The minimum Gasteiger partial charge on any atom is -0.375 e. The van der Waals surface area contributed by atoms with Crippen molar-refractivity contribution in [3.8, 4) is 0 Å². The number of rotatable bonds is 3. The number of piperidine rings is 1. The SMILES string of the molecule is CNC(C)C1CCCCN1C1CCOC2(CCSCC2)C1. The van der Waals surface area contributed by atoms with E-state index in [-0.39, 0.29) is 5.60 Å². The normalized spacial score (nSPS) is 35.7. The van der Waals surface area contributed by atoms with Crippen LogP contribution in [0.15, 0.2) is 0 Å². The molecule has 0 amide bonds. The second-order valence-corrected chi connectivity index (χ2v) is 8.39. The van der Waals surface area contributed by atoms with E-state index in [9.17, 15) is 0 Å². The lowest BCUT2D eigenvalue weighted by molar-refractivity contribution is -0.119. The number of ether oxygens (including phenoxy) is 1. The highest BCUT2D eigenvalue weighted by Gasteiger charge is 2.42. The first-order valence-corrected chi connectivity index (χ1v) is 10.0. The minimum atomic E-state index is 0.221. The molecule has 1 N–H and O–H groups in total. The van der Waals surface area contributed by atoms with Crippen molar-refractivity contribution in [3.05, 3.63) is 0 Å². The van der Waals surface area contributed by atoms with E-state index in [2.05, 4.69) is 35.9 Å². The van der Waals surface area contributed by atoms with Crippen LogP contribution in [0.4, 0.5) is 0 Å². The summed E-state index contributed by atoms with van der Waals surface area (Å²) in [6.45, 7) is 4.63. The van der Waals surface area contributed by atoms with Crippen molar-refractivity contribution in [2.45, 2.75) is 75.6 Å². The number of hydrogen-bond acceptors (Lipinski definition) is 4. The molecule has 21 heavy (non-hydrogen) atoms. The smallest absolute Gasteiger partial charge is 0.0713 e. The van der Waals surface area contributed by atoms with Crippen LogP contribution < -0.4 is 5.32 Å². The zero-order chi connectivity index (χ0) is 14.7. The third kappa shape index (κ3) is 3.60. The maximum Gasteiger partial charge on any atom is 0.0713 e. The van der Waals surface area contributed by atoms with Gasteiger partial charge < -0.3 is 10.1 Å². The maximum atomic E-state index is 6.29. The molecular formula is C17H32N2OS. The van der Waals surface area contributed by atoms with Crippen molar-refractivity contribution in [1.82, 2.24) is 10.2 Å². The number of hydrogen-bond donors (Lipinski definition) is 1. The minimum absolute atomic E-state index is 0.221. The van der Waals surface area contributed by atoms with Gasteiger partial charge in [0.2, 0.25) is 0 Å². The quantitative estimate of drug-likeness (QED) is 0.866. The van der Waals surface area contributed by atoms with E-state index in [0.717, 1.165) is 18.7 Å². The summed E-state index contributed by atoms with van der Waals surface area (Å²) in [7, 11) is 2.11. The highest BCUT2D eigenvalue weighted by atomic mass is 32.2. The summed E-state index contributed by atoms with van der Waals surface area (Å²) >= 11 is 2.10. The molecule has 0 bridgehead atoms. The van der Waals surface area contributed by atoms with Crippen molar-refractivity contribution in [3.63, 3.8) is 0 Å². The lowest BCUT2D eigenvalue weighted by Gasteiger charge is -2.50. The first-order chi connectivity index (χ1) is 10.2. The van der Waals surface area contributed by atoms with Gasteiger partial charge in [-0.1, -0.05) is 6.42 Å². The van der Waals surface area contributed by atoms with Gasteiger partial charge in [-0.15, -0.1) is 0 Å². The Morgan fingerprint density at radius 1 is 1.24 bits per heavy atom. The zero-order valence-electron chi connectivity index (χ0n) is 13.8. The summed E-state index contributed by atoms with van der Waals surface area (Å²) < 4.78 is 6.29. The number of likely N-dealkylation sites (N-methyl/N-ethyl adjacent to an activating group) is 1. The molecular weight excluding hydrogens is 280 g/mol. The van der Waals surface area contributed by atoms with E-state index in [4.69, 9.17) is 4.74 Å². The molecule has 0 radical (unpaired) electrons. The molecule has 3 saturated heterocycles. The molecule has 3 aliphatic rings. The van der Waals surface area contributed by atoms with Crippen molar-refractivity contribution in [2.75, 3.05) is 31.7 Å². The van der Waals surface area contributed by atoms with Gasteiger partial charge >= 0.3 is 0 Å². The molecule has 0 aliphatic carbocycles. The Labute approximate surface area is 134 Å². The van der Waals surface area contributed by atoms with E-state index in [1.54, 1.807) is 0 Å². The van der Waals surface area contributed by atoms with Crippen molar-refractivity contribution in [1.29, 1.82) is 0 Å². The Bertz CT molecular complexity index is 327. The number of thioether (sulfide) groups is 1. The molecule has 3 fully saturated rings. The van der Waals surface area contributed by atoms with Gasteiger partial charge in [0.25, 0.3) is 0 Å². The van der Waals surface area contributed by atoms with Crippen LogP contribution in [0.25, 0.3) is 0 Å². The second-order valence-electron chi connectivity index (χ2n) is 7.17. The highest BCUT2D eigenvalue weighted by molar-refractivity contribution is 7.99. The predicted octanol–water partition coefficient (Wildman–Crippen LogP) is 2.89. The molecule has 4 heteroatoms. The first-order valence-electron chi connectivity index (χ1n) is 8.89. The van der Waals surface area contributed by atoms with E-state index >= 15 is 0 Å². The van der Waals surface area contributed by atoms with Gasteiger partial charge in [0.05, 0.1) is 5.60 Å². The first kappa shape index (κ1) is 16.1. The molecule has 3 rings (SSSR count). The number of nitrogens with one attached hydrogen (secondary N) is 1. The van der Waals surface area contributed by atoms with Gasteiger partial charge in [-0.3, -0.25) is 4.90 Å². The molecule has 3 nitrogen and oxygen atoms in total. The Morgan fingerprint density at radius 3 is 2.81 bits per heavy atom. The van der Waals surface area contributed by atoms with Crippen LogP contribution in [0.3, 0.4) is 0 Å². The third-order valence-electron chi connectivity index (χ3n) is 5.96. The van der Waals surface area contributed by atoms with E-state index in [0.29, 0.717) is 6.04 Å². The van der Waals surface area contributed by atoms with Gasteiger partial charge in [0.1, 0.15) is 0 Å². The molecule has 122 valence electrons. The molecule has 1 spiro atoms. The van der Waals surface area contributed by atoms with Crippen LogP contribution in [0.5, 0.6) is 0 Å². The summed E-state index contributed by atoms with van der Waals surface area (Å²) in [5.41, 5.74) is 0.221. The van der Waals surface area contributed by atoms with Gasteiger partial charge in [0.15, 0.2) is 0 Å². The average molecular weight is 313 g/mol. The molecule has 3 aliphatic heterocycles. The summed E-state index contributed by atoms with van der Waals surface area (Å²) in [4.78, 5) is 2.84. The van der Waals surface area contributed by atoms with E-state index < -0.39 is 0 Å². The van der Waals surface area contributed by atoms with Crippen LogP contribution in [0, 0.1) is 0 Å². The van der Waals surface area contributed by atoms with Gasteiger partial charge in [-0.2, -0.15) is 11.8 Å². The summed E-state index contributed by atoms with van der Waals surface area (Å²) in [6.07, 6.45) is 9.21. The standard InChI is InChI=1S/C17H32N2OS/c1-14(18-2)16-5-3-4-9-19(16)15-6-10-20-17(13-15)7-11-21-12-8-17/h14-16,18H,3-13H2,1-2H3. The monoisotopic (exact) mass is 312 g/mol. The molecule has 0 aromatic heterocycles. The van der Waals surface area contributed by atoms with E-state index in [1.807, 2.05) is 0 Å². The lowest BCUT2D eigenvalue weighted by Crippen LogP contribution is -2.58. The molecule has 3 atom stereocenters. The number of nitrogens with zero attached hydrogens (tertiary/aromatic N) is 1. The fourth-order valence-electron chi connectivity index (χ4n) is 4.54. The second kappa shape index (κ2) is 7.20. The molecule has 0 aromatic rings. The van der Waals surface area contributed by atoms with Crippen molar-refractivity contribution in [2.24, 2.45) is 0 Å². The largest absolute Gasteiger partial charge is 0.375 e. The third-order valence-corrected chi connectivity index (χ3v) is 6.95. The molecule has 0 saturated carbocycles. The van der Waals surface area contributed by atoms with Gasteiger partial charge in [-0.05, 0) is 70.5 Å². The number of likely N-dealkylation sites (tertiary alicyclic amines) is 1. The predicted molar refractivity (Wildman–Crippen MR) is 91.1 cm³/mol.